The Morgan fingerprint density at radius 2 is 2.00 bits per heavy atom. The molecule has 0 atom stereocenters. The largest absolute Gasteiger partial charge is 0.349 e. The number of carbonyl (C=O) groups excluding carboxylic acids is 1. The van der Waals surface area contributed by atoms with E-state index in [4.69, 9.17) is 0 Å². The van der Waals surface area contributed by atoms with Crippen molar-refractivity contribution in [2.45, 2.75) is 30.7 Å². The quantitative estimate of drug-likeness (QED) is 0.652. The van der Waals surface area contributed by atoms with E-state index in [1.807, 2.05) is 0 Å². The van der Waals surface area contributed by atoms with E-state index in [-0.39, 0.29) is 16.8 Å². The number of aryl methyl sites for hydroxylation is 1. The van der Waals surface area contributed by atoms with Crippen molar-refractivity contribution in [3.05, 3.63) is 59.9 Å². The van der Waals surface area contributed by atoms with Crippen LogP contribution in [0.1, 0.15) is 28.8 Å². The average molecular weight is 398 g/mol. The minimum Gasteiger partial charge on any atom is -0.349 e. The maximum atomic E-state index is 12.8. The van der Waals surface area contributed by atoms with Gasteiger partial charge in [-0.25, -0.2) is 13.1 Å². The van der Waals surface area contributed by atoms with Crippen molar-refractivity contribution in [2.24, 2.45) is 0 Å². The lowest BCUT2D eigenvalue weighted by Gasteiger charge is -2.12. The first-order valence-corrected chi connectivity index (χ1v) is 10.2. The minimum atomic E-state index is -3.82. The molecular formula is C18H18N6O3S. The number of carbonyl (C=O) groups is 1. The molecule has 0 spiro atoms. The lowest BCUT2D eigenvalue weighted by molar-refractivity contribution is 0.0951. The molecule has 1 fully saturated rings. The molecule has 2 N–H and O–H groups in total. The average Bonchev–Trinajstić information content (AvgIpc) is 3.31. The van der Waals surface area contributed by atoms with Crippen LogP contribution in [0.3, 0.4) is 0 Å². The Kier molecular flexibility index (Phi) is 4.55. The Balaban J connectivity index is 1.56. The zero-order valence-electron chi connectivity index (χ0n) is 15.0. The molecule has 1 saturated carbocycles. The van der Waals surface area contributed by atoms with Crippen molar-refractivity contribution in [2.75, 3.05) is 4.72 Å². The summed E-state index contributed by atoms with van der Waals surface area (Å²) in [6.45, 7) is 1.78. The highest BCUT2D eigenvalue weighted by atomic mass is 32.2. The molecule has 1 heterocycles. The molecule has 3 aromatic rings. The second-order valence-electron chi connectivity index (χ2n) is 6.64. The molecule has 4 rings (SSSR count). The predicted octanol–water partition coefficient (Wildman–Crippen LogP) is 1.66. The highest BCUT2D eigenvalue weighted by Gasteiger charge is 2.24. The summed E-state index contributed by atoms with van der Waals surface area (Å²) in [5.74, 6) is -0.204. The summed E-state index contributed by atoms with van der Waals surface area (Å²) in [4.78, 5) is 12.3. The number of rotatable bonds is 6. The van der Waals surface area contributed by atoms with Gasteiger partial charge in [-0.15, -0.1) is 5.10 Å². The first-order valence-electron chi connectivity index (χ1n) is 8.70. The predicted molar refractivity (Wildman–Crippen MR) is 102 cm³/mol. The molecule has 0 unspecified atom stereocenters. The van der Waals surface area contributed by atoms with Gasteiger partial charge in [0.25, 0.3) is 15.9 Å². The number of hydrogen-bond acceptors (Lipinski definition) is 6. The van der Waals surface area contributed by atoms with Crippen LogP contribution in [0.4, 0.5) is 5.69 Å². The van der Waals surface area contributed by atoms with E-state index in [2.05, 4.69) is 25.6 Å². The normalized spacial score (nSPS) is 13.9. The van der Waals surface area contributed by atoms with Crippen molar-refractivity contribution in [3.63, 3.8) is 0 Å². The molecule has 0 aliphatic heterocycles. The van der Waals surface area contributed by atoms with Gasteiger partial charge in [0.15, 0.2) is 0 Å². The highest BCUT2D eigenvalue weighted by Crippen LogP contribution is 2.22. The molecule has 9 nitrogen and oxygen atoms in total. The van der Waals surface area contributed by atoms with Gasteiger partial charge in [-0.2, -0.15) is 0 Å². The summed E-state index contributed by atoms with van der Waals surface area (Å²) in [6.07, 6.45) is 3.41. The van der Waals surface area contributed by atoms with Gasteiger partial charge in [0.2, 0.25) is 0 Å². The first kappa shape index (κ1) is 18.1. The fourth-order valence-electron chi connectivity index (χ4n) is 2.76. The summed E-state index contributed by atoms with van der Waals surface area (Å²) in [6, 6.07) is 11.3. The maximum absolute atomic E-state index is 12.8. The van der Waals surface area contributed by atoms with Crippen LogP contribution >= 0.6 is 0 Å². The standard InChI is InChI=1S/C18H18N6O3S/c1-12-9-16(7-8-17(12)24-11-19-22-23-24)28(26,27)21-15-4-2-3-13(10-15)18(25)20-14-5-6-14/h2-4,7-11,14,21H,5-6H2,1H3,(H,20,25). The lowest BCUT2D eigenvalue weighted by atomic mass is 10.2. The minimum absolute atomic E-state index is 0.106. The van der Waals surface area contributed by atoms with Gasteiger partial charge in [0, 0.05) is 17.3 Å². The van der Waals surface area contributed by atoms with Crippen LogP contribution < -0.4 is 10.0 Å². The van der Waals surface area contributed by atoms with Crippen molar-refractivity contribution in [3.8, 4) is 5.69 Å². The van der Waals surface area contributed by atoms with Crippen molar-refractivity contribution in [1.29, 1.82) is 0 Å². The van der Waals surface area contributed by atoms with Gasteiger partial charge in [-0.3, -0.25) is 9.52 Å². The molecule has 1 amide bonds. The van der Waals surface area contributed by atoms with E-state index < -0.39 is 10.0 Å². The molecule has 2 aromatic carbocycles. The van der Waals surface area contributed by atoms with E-state index in [1.54, 1.807) is 37.3 Å². The summed E-state index contributed by atoms with van der Waals surface area (Å²) in [7, 11) is -3.82. The molecule has 1 aliphatic rings. The smallest absolute Gasteiger partial charge is 0.261 e. The summed E-state index contributed by atoms with van der Waals surface area (Å²) >= 11 is 0. The second kappa shape index (κ2) is 7.04. The van der Waals surface area contributed by atoms with E-state index in [0.717, 1.165) is 12.8 Å². The zero-order chi connectivity index (χ0) is 19.7. The Morgan fingerprint density at radius 1 is 1.18 bits per heavy atom. The second-order valence-corrected chi connectivity index (χ2v) is 8.32. The van der Waals surface area contributed by atoms with Gasteiger partial charge >= 0.3 is 0 Å². The third-order valence-corrected chi connectivity index (χ3v) is 5.74. The molecule has 0 radical (unpaired) electrons. The fraction of sp³-hybridized carbons (Fsp3) is 0.222. The SMILES string of the molecule is Cc1cc(S(=O)(=O)Nc2cccc(C(=O)NC3CC3)c2)ccc1-n1cnnn1. The Hall–Kier alpha value is -3.27. The molecule has 1 aromatic heterocycles. The van der Waals surface area contributed by atoms with Gasteiger partial charge in [-0.1, -0.05) is 6.07 Å². The molecular weight excluding hydrogens is 380 g/mol. The summed E-state index contributed by atoms with van der Waals surface area (Å²) in [5, 5.41) is 13.9. The van der Waals surface area contributed by atoms with Gasteiger partial charge in [0.1, 0.15) is 6.33 Å². The third kappa shape index (κ3) is 3.86. The first-order chi connectivity index (χ1) is 13.4. The number of hydrogen-bond donors (Lipinski definition) is 2. The van der Waals surface area contributed by atoms with Crippen LogP contribution in [0.25, 0.3) is 5.69 Å². The maximum Gasteiger partial charge on any atom is 0.261 e. The van der Waals surface area contributed by atoms with E-state index in [0.29, 0.717) is 22.5 Å². The third-order valence-electron chi connectivity index (χ3n) is 4.36. The number of aromatic nitrogens is 4. The van der Waals surface area contributed by atoms with Crippen LogP contribution in [0.15, 0.2) is 53.7 Å². The topological polar surface area (TPSA) is 119 Å². The molecule has 28 heavy (non-hydrogen) atoms. The number of nitrogens with one attached hydrogen (secondary N) is 2. The van der Waals surface area contributed by atoms with Crippen molar-refractivity contribution in [1.82, 2.24) is 25.5 Å². The van der Waals surface area contributed by atoms with Gasteiger partial charge in [-0.05, 0) is 72.2 Å². The number of sulfonamides is 1. The Morgan fingerprint density at radius 3 is 2.68 bits per heavy atom. The zero-order valence-corrected chi connectivity index (χ0v) is 15.8. The van der Waals surface area contributed by atoms with Crippen molar-refractivity contribution >= 4 is 21.6 Å². The molecule has 0 saturated heterocycles. The number of benzene rings is 2. The van der Waals surface area contributed by atoms with Crippen LogP contribution in [0.5, 0.6) is 0 Å². The van der Waals surface area contributed by atoms with E-state index in [9.17, 15) is 13.2 Å². The Bertz CT molecular complexity index is 1120. The summed E-state index contributed by atoms with van der Waals surface area (Å²) in [5.41, 5.74) is 2.12. The van der Waals surface area contributed by atoms with Crippen molar-refractivity contribution < 1.29 is 13.2 Å². The fourth-order valence-corrected chi connectivity index (χ4v) is 3.89. The number of anilines is 1. The van der Waals surface area contributed by atoms with Crippen LogP contribution in [-0.2, 0) is 10.0 Å². The van der Waals surface area contributed by atoms with Crippen LogP contribution in [-0.4, -0.2) is 40.6 Å². The van der Waals surface area contributed by atoms with E-state index in [1.165, 1.54) is 23.1 Å². The number of tetrazole rings is 1. The Labute approximate surface area is 161 Å². The highest BCUT2D eigenvalue weighted by molar-refractivity contribution is 7.92. The number of amides is 1. The summed E-state index contributed by atoms with van der Waals surface area (Å²) < 4.78 is 29.5. The molecule has 144 valence electrons. The monoisotopic (exact) mass is 398 g/mol. The van der Waals surface area contributed by atoms with Gasteiger partial charge in [0.05, 0.1) is 10.6 Å². The van der Waals surface area contributed by atoms with E-state index >= 15 is 0 Å². The molecule has 0 bridgehead atoms. The van der Waals surface area contributed by atoms with Crippen LogP contribution in [0, 0.1) is 6.92 Å². The molecule has 10 heteroatoms. The molecule has 1 aliphatic carbocycles. The van der Waals surface area contributed by atoms with Gasteiger partial charge < -0.3 is 5.32 Å². The van der Waals surface area contributed by atoms with Crippen LogP contribution in [0.2, 0.25) is 0 Å². The number of nitrogens with zero attached hydrogens (tertiary/aromatic N) is 4. The lowest BCUT2D eigenvalue weighted by Crippen LogP contribution is -2.25.